The predicted octanol–water partition coefficient (Wildman–Crippen LogP) is 4.20. The van der Waals surface area contributed by atoms with Gasteiger partial charge in [-0.15, -0.1) is 15.3 Å². The first kappa shape index (κ1) is 20.7. The maximum atomic E-state index is 12.0. The zero-order valence-corrected chi connectivity index (χ0v) is 18.4. The molecule has 0 radical (unpaired) electrons. The van der Waals surface area contributed by atoms with E-state index in [9.17, 15) is 4.79 Å². The minimum atomic E-state index is -0.525. The molecule has 4 rings (SSSR count). The summed E-state index contributed by atoms with van der Waals surface area (Å²) in [6.45, 7) is 6.93. The summed E-state index contributed by atoms with van der Waals surface area (Å²) in [6.07, 6.45) is 0.398. The smallest absolute Gasteiger partial charge is 0.407 e. The van der Waals surface area contributed by atoms with Gasteiger partial charge in [-0.2, -0.15) is 4.52 Å². The molecule has 8 nitrogen and oxygen atoms in total. The maximum Gasteiger partial charge on any atom is 0.407 e. The molecule has 10 heteroatoms. The second-order valence-electron chi connectivity index (χ2n) is 8.22. The van der Waals surface area contributed by atoms with E-state index in [1.165, 1.54) is 0 Å². The quantitative estimate of drug-likeness (QED) is 0.645. The summed E-state index contributed by atoms with van der Waals surface area (Å²) in [5.41, 5.74) is 0.825. The first-order chi connectivity index (χ1) is 14.2. The van der Waals surface area contributed by atoms with E-state index in [0.717, 1.165) is 24.3 Å². The van der Waals surface area contributed by atoms with Crippen molar-refractivity contribution in [2.75, 3.05) is 18.0 Å². The van der Waals surface area contributed by atoms with Crippen molar-refractivity contribution < 1.29 is 9.53 Å². The van der Waals surface area contributed by atoms with E-state index in [4.69, 9.17) is 33.0 Å². The number of ether oxygens (including phenoxy) is 1. The van der Waals surface area contributed by atoms with Crippen LogP contribution in [0.3, 0.4) is 0 Å². The standard InChI is InChI=1S/C20H22Cl2N6O2/c1-20(2,3)30-19(29)23-15-6-7-27(11-15)17-5-4-16-24-25-18(28(16)26-17)12-8-13(21)10-14(22)9-12/h4-5,8-10,15H,6-7,11H2,1-3H3,(H,23,29)/t15-/m0/s1. The first-order valence-corrected chi connectivity index (χ1v) is 10.4. The first-order valence-electron chi connectivity index (χ1n) is 9.61. The zero-order valence-electron chi connectivity index (χ0n) is 16.9. The highest BCUT2D eigenvalue weighted by Gasteiger charge is 2.27. The van der Waals surface area contributed by atoms with E-state index < -0.39 is 11.7 Å². The van der Waals surface area contributed by atoms with Crippen molar-refractivity contribution in [3.05, 3.63) is 40.4 Å². The highest BCUT2D eigenvalue weighted by atomic mass is 35.5. The Hall–Kier alpha value is -2.58. The number of anilines is 1. The summed E-state index contributed by atoms with van der Waals surface area (Å²) in [4.78, 5) is 14.2. The molecule has 30 heavy (non-hydrogen) atoms. The SMILES string of the molecule is CC(C)(C)OC(=O)N[C@H]1CCN(c2ccc3nnc(-c4cc(Cl)cc(Cl)c4)n3n2)C1. The molecule has 1 atom stereocenters. The van der Waals surface area contributed by atoms with Crippen molar-refractivity contribution in [2.24, 2.45) is 0 Å². The van der Waals surface area contributed by atoms with Crippen LogP contribution in [0.1, 0.15) is 27.2 Å². The molecule has 1 aliphatic heterocycles. The Balaban J connectivity index is 1.54. The summed E-state index contributed by atoms with van der Waals surface area (Å²) in [6, 6.07) is 8.96. The largest absolute Gasteiger partial charge is 0.444 e. The fraction of sp³-hybridized carbons (Fsp3) is 0.400. The Kier molecular flexibility index (Phi) is 5.46. The van der Waals surface area contributed by atoms with Crippen LogP contribution in [0.4, 0.5) is 10.6 Å². The van der Waals surface area contributed by atoms with Crippen LogP contribution in [0.15, 0.2) is 30.3 Å². The lowest BCUT2D eigenvalue weighted by Crippen LogP contribution is -2.40. The van der Waals surface area contributed by atoms with Gasteiger partial charge in [0.15, 0.2) is 11.5 Å². The third kappa shape index (κ3) is 4.60. The fourth-order valence-electron chi connectivity index (χ4n) is 3.37. The van der Waals surface area contributed by atoms with Gasteiger partial charge in [0.05, 0.1) is 6.04 Å². The van der Waals surface area contributed by atoms with Crippen molar-refractivity contribution >= 4 is 40.8 Å². The van der Waals surface area contributed by atoms with Crippen molar-refractivity contribution in [3.8, 4) is 11.4 Å². The number of amides is 1. The molecule has 0 bridgehead atoms. The topological polar surface area (TPSA) is 84.6 Å². The van der Waals surface area contributed by atoms with Gasteiger partial charge in [0.2, 0.25) is 0 Å². The van der Waals surface area contributed by atoms with Crippen LogP contribution in [0.5, 0.6) is 0 Å². The molecular formula is C20H22Cl2N6O2. The van der Waals surface area contributed by atoms with Gasteiger partial charge in [0.25, 0.3) is 0 Å². The van der Waals surface area contributed by atoms with Crippen LogP contribution < -0.4 is 10.2 Å². The van der Waals surface area contributed by atoms with E-state index in [-0.39, 0.29) is 6.04 Å². The maximum absolute atomic E-state index is 12.0. The molecule has 1 saturated heterocycles. The van der Waals surface area contributed by atoms with Gasteiger partial charge in [-0.1, -0.05) is 23.2 Å². The Morgan fingerprint density at radius 2 is 1.90 bits per heavy atom. The molecule has 0 unspecified atom stereocenters. The Bertz CT molecular complexity index is 1070. The van der Waals surface area contributed by atoms with E-state index in [2.05, 4.69) is 20.4 Å². The Morgan fingerprint density at radius 1 is 1.17 bits per heavy atom. The number of carbonyl (C=O) groups excluding carboxylic acids is 1. The molecular weight excluding hydrogens is 427 g/mol. The number of hydrogen-bond donors (Lipinski definition) is 1. The molecule has 1 fully saturated rings. The highest BCUT2D eigenvalue weighted by Crippen LogP contribution is 2.27. The number of nitrogens with zero attached hydrogens (tertiary/aromatic N) is 5. The lowest BCUT2D eigenvalue weighted by atomic mass is 10.2. The van der Waals surface area contributed by atoms with E-state index in [1.807, 2.05) is 32.9 Å². The summed E-state index contributed by atoms with van der Waals surface area (Å²) in [5, 5.41) is 17.1. The van der Waals surface area contributed by atoms with Gasteiger partial charge in [-0.05, 0) is 57.5 Å². The number of rotatable bonds is 3. The monoisotopic (exact) mass is 448 g/mol. The number of halogens is 2. The number of aromatic nitrogens is 4. The second-order valence-corrected chi connectivity index (χ2v) is 9.09. The molecule has 0 saturated carbocycles. The number of benzene rings is 1. The number of alkyl carbamates (subject to hydrolysis) is 1. The average molecular weight is 449 g/mol. The van der Waals surface area contributed by atoms with Gasteiger partial charge in [-0.3, -0.25) is 0 Å². The van der Waals surface area contributed by atoms with Crippen LogP contribution in [0.25, 0.3) is 17.0 Å². The van der Waals surface area contributed by atoms with Crippen LogP contribution in [-0.4, -0.2) is 50.6 Å². The van der Waals surface area contributed by atoms with Crippen LogP contribution >= 0.6 is 23.2 Å². The normalized spacial score (nSPS) is 16.8. The van der Waals surface area contributed by atoms with Crippen LogP contribution in [-0.2, 0) is 4.74 Å². The third-order valence-electron chi connectivity index (χ3n) is 4.60. The van der Waals surface area contributed by atoms with Gasteiger partial charge in [-0.25, -0.2) is 4.79 Å². The summed E-state index contributed by atoms with van der Waals surface area (Å²) >= 11 is 12.3. The minimum Gasteiger partial charge on any atom is -0.444 e. The van der Waals surface area contributed by atoms with Gasteiger partial charge in [0, 0.05) is 28.7 Å². The van der Waals surface area contributed by atoms with Gasteiger partial charge < -0.3 is 15.0 Å². The zero-order chi connectivity index (χ0) is 21.5. The summed E-state index contributed by atoms with van der Waals surface area (Å²) in [7, 11) is 0. The lowest BCUT2D eigenvalue weighted by Gasteiger charge is -2.22. The Labute approximate surface area is 184 Å². The molecule has 0 aliphatic carbocycles. The molecule has 1 amide bonds. The van der Waals surface area contributed by atoms with E-state index >= 15 is 0 Å². The predicted molar refractivity (Wildman–Crippen MR) is 116 cm³/mol. The Morgan fingerprint density at radius 3 is 2.60 bits per heavy atom. The van der Waals surface area contributed by atoms with Crippen LogP contribution in [0.2, 0.25) is 10.0 Å². The summed E-state index contributed by atoms with van der Waals surface area (Å²) < 4.78 is 7.02. The highest BCUT2D eigenvalue weighted by molar-refractivity contribution is 6.35. The fourth-order valence-corrected chi connectivity index (χ4v) is 3.90. The minimum absolute atomic E-state index is 0.00975. The molecule has 2 aromatic heterocycles. The molecule has 1 aromatic carbocycles. The number of fused-ring (bicyclic) bond motifs is 1. The van der Waals surface area contributed by atoms with Crippen LogP contribution in [0, 0.1) is 0 Å². The molecule has 3 aromatic rings. The number of hydrogen-bond acceptors (Lipinski definition) is 6. The number of nitrogens with one attached hydrogen (secondary N) is 1. The molecule has 1 N–H and O–H groups in total. The van der Waals surface area contributed by atoms with E-state index in [1.54, 1.807) is 22.7 Å². The average Bonchev–Trinajstić information content (AvgIpc) is 3.25. The van der Waals surface area contributed by atoms with Gasteiger partial charge in [0.1, 0.15) is 11.4 Å². The molecule has 0 spiro atoms. The molecule has 3 heterocycles. The number of carbonyl (C=O) groups is 1. The van der Waals surface area contributed by atoms with Crippen molar-refractivity contribution in [3.63, 3.8) is 0 Å². The van der Waals surface area contributed by atoms with Crippen molar-refractivity contribution in [1.82, 2.24) is 25.1 Å². The lowest BCUT2D eigenvalue weighted by molar-refractivity contribution is 0.0509. The second kappa shape index (κ2) is 7.92. The van der Waals surface area contributed by atoms with E-state index in [0.29, 0.717) is 28.1 Å². The van der Waals surface area contributed by atoms with Crippen molar-refractivity contribution in [2.45, 2.75) is 38.8 Å². The van der Waals surface area contributed by atoms with Gasteiger partial charge >= 0.3 is 6.09 Å². The molecule has 158 valence electrons. The summed E-state index contributed by atoms with van der Waals surface area (Å²) in [5.74, 6) is 1.32. The third-order valence-corrected chi connectivity index (χ3v) is 5.04. The van der Waals surface area contributed by atoms with Crippen molar-refractivity contribution in [1.29, 1.82) is 0 Å². The molecule has 1 aliphatic rings.